The molecule has 2 aromatic carbocycles. The Kier molecular flexibility index (Phi) is 6.29. The second kappa shape index (κ2) is 8.44. The molecule has 126 valence electrons. The Morgan fingerprint density at radius 2 is 1.25 bits per heavy atom. The zero-order valence-electron chi connectivity index (χ0n) is 14.1. The van der Waals surface area contributed by atoms with E-state index in [2.05, 4.69) is 75.2 Å². The smallest absolute Gasteiger partial charge is 0.0732 e. The lowest BCUT2D eigenvalue weighted by molar-refractivity contribution is 0.612. The molecule has 0 radical (unpaired) electrons. The van der Waals surface area contributed by atoms with Gasteiger partial charge in [0.2, 0.25) is 0 Å². The van der Waals surface area contributed by atoms with Gasteiger partial charge in [-0.3, -0.25) is 4.99 Å². The fourth-order valence-electron chi connectivity index (χ4n) is 3.29. The highest BCUT2D eigenvalue weighted by Crippen LogP contribution is 2.39. The number of nitrogens with zero attached hydrogens (tertiary/aromatic N) is 1. The monoisotopic (exact) mass is 447 g/mol. The van der Waals surface area contributed by atoms with Crippen LogP contribution in [0.2, 0.25) is 0 Å². The van der Waals surface area contributed by atoms with E-state index in [1.165, 1.54) is 60.8 Å². The van der Waals surface area contributed by atoms with Gasteiger partial charge in [-0.1, -0.05) is 83.0 Å². The third kappa shape index (κ3) is 4.00. The zero-order valence-corrected chi connectivity index (χ0v) is 17.3. The van der Waals surface area contributed by atoms with Crippen molar-refractivity contribution < 1.29 is 0 Å². The molecule has 0 N–H and O–H groups in total. The van der Waals surface area contributed by atoms with Gasteiger partial charge >= 0.3 is 0 Å². The first-order valence-electron chi connectivity index (χ1n) is 8.85. The largest absolute Gasteiger partial charge is 0.284 e. The molecule has 0 aliphatic heterocycles. The van der Waals surface area contributed by atoms with E-state index in [1.807, 2.05) is 0 Å². The van der Waals surface area contributed by atoms with Crippen molar-refractivity contribution in [3.63, 3.8) is 0 Å². The van der Waals surface area contributed by atoms with Crippen molar-refractivity contribution in [1.82, 2.24) is 0 Å². The summed E-state index contributed by atoms with van der Waals surface area (Å²) in [4.78, 5) is 4.98. The van der Waals surface area contributed by atoms with Crippen LogP contribution in [0.25, 0.3) is 11.1 Å². The van der Waals surface area contributed by atoms with E-state index in [9.17, 15) is 0 Å². The summed E-state index contributed by atoms with van der Waals surface area (Å²) in [7, 11) is 0. The first-order valence-corrected chi connectivity index (χ1v) is 10.4. The standard InChI is InChI=1S/C21H23Br2N/c1-2-3-4-5-6-7-12-24-21-19-13-15(22)8-10-17(19)18-11-9-16(23)14-20(18)21/h8-11,13-14H,2-7,12H2,1H3. The van der Waals surface area contributed by atoms with Gasteiger partial charge in [-0.15, -0.1) is 0 Å². The Labute approximate surface area is 161 Å². The van der Waals surface area contributed by atoms with Crippen molar-refractivity contribution in [3.8, 4) is 11.1 Å². The molecule has 0 fully saturated rings. The van der Waals surface area contributed by atoms with Gasteiger partial charge in [0.15, 0.2) is 0 Å². The van der Waals surface area contributed by atoms with Gasteiger partial charge in [0, 0.05) is 26.6 Å². The Balaban J connectivity index is 1.78. The molecule has 0 saturated carbocycles. The van der Waals surface area contributed by atoms with E-state index in [0.29, 0.717) is 0 Å². The Morgan fingerprint density at radius 3 is 1.83 bits per heavy atom. The second-order valence-corrected chi connectivity index (χ2v) is 8.21. The van der Waals surface area contributed by atoms with Gasteiger partial charge < -0.3 is 0 Å². The van der Waals surface area contributed by atoms with Crippen LogP contribution in [0.4, 0.5) is 0 Å². The molecule has 0 bridgehead atoms. The summed E-state index contributed by atoms with van der Waals surface area (Å²) in [6.07, 6.45) is 7.83. The lowest BCUT2D eigenvalue weighted by atomic mass is 10.1. The molecular weight excluding hydrogens is 426 g/mol. The molecular formula is C21H23Br2N. The predicted octanol–water partition coefficient (Wildman–Crippen LogP) is 7.39. The minimum absolute atomic E-state index is 0.916. The number of benzene rings is 2. The van der Waals surface area contributed by atoms with Crippen LogP contribution in [0.3, 0.4) is 0 Å². The molecule has 1 aliphatic rings. The van der Waals surface area contributed by atoms with Gasteiger partial charge in [0.1, 0.15) is 0 Å². The number of aliphatic imine (C=N–C) groups is 1. The first-order chi connectivity index (χ1) is 11.7. The van der Waals surface area contributed by atoms with Crippen LogP contribution < -0.4 is 0 Å². The first kappa shape index (κ1) is 17.9. The SMILES string of the molecule is CCCCCCCCN=C1c2cc(Br)ccc2-c2ccc(Br)cc21. The molecule has 0 atom stereocenters. The van der Waals surface area contributed by atoms with Gasteiger partial charge in [0.25, 0.3) is 0 Å². The van der Waals surface area contributed by atoms with Gasteiger partial charge in [0.05, 0.1) is 5.71 Å². The minimum atomic E-state index is 0.916. The van der Waals surface area contributed by atoms with Crippen molar-refractivity contribution in [2.75, 3.05) is 6.54 Å². The number of fused-ring (bicyclic) bond motifs is 3. The van der Waals surface area contributed by atoms with Crippen LogP contribution in [-0.4, -0.2) is 12.3 Å². The third-order valence-electron chi connectivity index (χ3n) is 4.55. The minimum Gasteiger partial charge on any atom is -0.284 e. The number of unbranched alkanes of at least 4 members (excludes halogenated alkanes) is 5. The lowest BCUT2D eigenvalue weighted by Gasteiger charge is -2.04. The maximum atomic E-state index is 4.98. The Morgan fingerprint density at radius 1 is 0.708 bits per heavy atom. The quantitative estimate of drug-likeness (QED) is 0.334. The van der Waals surface area contributed by atoms with E-state index >= 15 is 0 Å². The molecule has 24 heavy (non-hydrogen) atoms. The molecule has 1 nitrogen and oxygen atoms in total. The number of rotatable bonds is 7. The molecule has 0 saturated heterocycles. The average Bonchev–Trinajstić information content (AvgIpc) is 2.86. The molecule has 1 aliphatic carbocycles. The Hall–Kier alpha value is -0.930. The molecule has 0 amide bonds. The molecule has 2 aromatic rings. The normalized spacial score (nSPS) is 12.2. The summed E-state index contributed by atoms with van der Waals surface area (Å²) in [6.45, 7) is 3.18. The predicted molar refractivity (Wildman–Crippen MR) is 111 cm³/mol. The number of halogens is 2. The molecule has 3 heteroatoms. The summed E-state index contributed by atoms with van der Waals surface area (Å²) < 4.78 is 2.22. The molecule has 3 rings (SSSR count). The van der Waals surface area contributed by atoms with E-state index < -0.39 is 0 Å². The van der Waals surface area contributed by atoms with Crippen LogP contribution in [0.5, 0.6) is 0 Å². The molecule has 0 aromatic heterocycles. The van der Waals surface area contributed by atoms with E-state index in [1.54, 1.807) is 0 Å². The summed E-state index contributed by atoms with van der Waals surface area (Å²) in [5.41, 5.74) is 6.24. The van der Waals surface area contributed by atoms with Gasteiger partial charge in [-0.25, -0.2) is 0 Å². The van der Waals surface area contributed by atoms with Crippen molar-refractivity contribution >= 4 is 37.6 Å². The van der Waals surface area contributed by atoms with Crippen LogP contribution in [0, 0.1) is 0 Å². The fourth-order valence-corrected chi connectivity index (χ4v) is 4.02. The number of hydrogen-bond donors (Lipinski definition) is 0. The van der Waals surface area contributed by atoms with Crippen molar-refractivity contribution in [3.05, 3.63) is 56.5 Å². The van der Waals surface area contributed by atoms with E-state index in [-0.39, 0.29) is 0 Å². The fraction of sp³-hybridized carbons (Fsp3) is 0.381. The van der Waals surface area contributed by atoms with Crippen LogP contribution in [0.1, 0.15) is 56.6 Å². The lowest BCUT2D eigenvalue weighted by Crippen LogP contribution is -2.00. The van der Waals surface area contributed by atoms with Crippen molar-refractivity contribution in [1.29, 1.82) is 0 Å². The van der Waals surface area contributed by atoms with Crippen LogP contribution >= 0.6 is 31.9 Å². The van der Waals surface area contributed by atoms with Crippen LogP contribution in [0.15, 0.2) is 50.3 Å². The summed E-state index contributed by atoms with van der Waals surface area (Å²) in [6, 6.07) is 13.0. The molecule has 0 spiro atoms. The third-order valence-corrected chi connectivity index (χ3v) is 5.53. The second-order valence-electron chi connectivity index (χ2n) is 6.38. The highest BCUT2D eigenvalue weighted by Gasteiger charge is 2.24. The topological polar surface area (TPSA) is 12.4 Å². The maximum Gasteiger partial charge on any atom is 0.0732 e. The van der Waals surface area contributed by atoms with E-state index in [4.69, 9.17) is 4.99 Å². The summed E-state index contributed by atoms with van der Waals surface area (Å²) >= 11 is 7.21. The van der Waals surface area contributed by atoms with Gasteiger partial charge in [-0.2, -0.15) is 0 Å². The van der Waals surface area contributed by atoms with E-state index in [0.717, 1.165) is 21.2 Å². The number of hydrogen-bond acceptors (Lipinski definition) is 1. The maximum absolute atomic E-state index is 4.98. The van der Waals surface area contributed by atoms with Crippen molar-refractivity contribution in [2.45, 2.75) is 45.4 Å². The molecule has 0 unspecified atom stereocenters. The highest BCUT2D eigenvalue weighted by atomic mass is 79.9. The molecule has 0 heterocycles. The van der Waals surface area contributed by atoms with Gasteiger partial charge in [-0.05, 0) is 41.8 Å². The highest BCUT2D eigenvalue weighted by molar-refractivity contribution is 9.10. The Bertz CT molecular complexity index is 696. The zero-order chi connectivity index (χ0) is 16.9. The average molecular weight is 449 g/mol. The summed E-state index contributed by atoms with van der Waals surface area (Å²) in [5.74, 6) is 0. The van der Waals surface area contributed by atoms with Crippen LogP contribution in [-0.2, 0) is 0 Å². The van der Waals surface area contributed by atoms with Crippen molar-refractivity contribution in [2.24, 2.45) is 4.99 Å². The summed E-state index contributed by atoms with van der Waals surface area (Å²) in [5, 5.41) is 0.